The summed E-state index contributed by atoms with van der Waals surface area (Å²) in [6.45, 7) is 7.75. The maximum Gasteiger partial charge on any atom is 0.335 e. The molecule has 15 heavy (non-hydrogen) atoms. The third-order valence-electron chi connectivity index (χ3n) is 2.22. The highest BCUT2D eigenvalue weighted by Gasteiger charge is 2.32. The maximum atomic E-state index is 11.3. The Kier molecular flexibility index (Phi) is 6.25. The van der Waals surface area contributed by atoms with Crippen LogP contribution in [0.25, 0.3) is 0 Å². The van der Waals surface area contributed by atoms with Gasteiger partial charge in [0.15, 0.2) is 6.10 Å². The smallest absolute Gasteiger partial charge is 0.335 e. The molecule has 0 saturated heterocycles. The van der Waals surface area contributed by atoms with Crippen molar-refractivity contribution in [2.45, 2.75) is 46.6 Å². The second-order valence-electron chi connectivity index (χ2n) is 4.17. The Labute approximate surface area is 92.1 Å². The zero-order chi connectivity index (χ0) is 11.9. The largest absolute Gasteiger partial charge is 0.464 e. The van der Waals surface area contributed by atoms with Crippen molar-refractivity contribution in [1.29, 1.82) is 0 Å². The summed E-state index contributed by atoms with van der Waals surface area (Å²) in [5.74, 6) is -0.552. The molecule has 0 aliphatic heterocycles. The fraction of sp³-hybridized carbons (Fsp3) is 0.750. The number of carbonyl (C=O) groups excluding carboxylic acids is 1. The first-order chi connectivity index (χ1) is 6.95. The van der Waals surface area contributed by atoms with Crippen LogP contribution in [0, 0.1) is 5.41 Å². The van der Waals surface area contributed by atoms with E-state index >= 15 is 0 Å². The van der Waals surface area contributed by atoms with Gasteiger partial charge in [0, 0.05) is 5.41 Å². The van der Waals surface area contributed by atoms with Gasteiger partial charge in [0.2, 0.25) is 0 Å². The Morgan fingerprint density at radius 1 is 1.47 bits per heavy atom. The summed E-state index contributed by atoms with van der Waals surface area (Å²) in [4.78, 5) is 11.3. The predicted molar refractivity (Wildman–Crippen MR) is 60.5 cm³/mol. The monoisotopic (exact) mass is 214 g/mol. The number of hydrogen-bond donors (Lipinski definition) is 1. The van der Waals surface area contributed by atoms with Crippen molar-refractivity contribution >= 4 is 5.97 Å². The van der Waals surface area contributed by atoms with E-state index in [1.807, 2.05) is 26.0 Å². The van der Waals surface area contributed by atoms with Gasteiger partial charge in [0.1, 0.15) is 0 Å². The van der Waals surface area contributed by atoms with Crippen molar-refractivity contribution in [2.24, 2.45) is 5.41 Å². The van der Waals surface area contributed by atoms with Crippen LogP contribution in [0.4, 0.5) is 0 Å². The number of allylic oxidation sites excluding steroid dienone is 1. The Morgan fingerprint density at radius 2 is 2.07 bits per heavy atom. The molecule has 0 saturated carbocycles. The fourth-order valence-corrected chi connectivity index (χ4v) is 1.17. The molecular weight excluding hydrogens is 192 g/mol. The molecule has 0 fully saturated rings. The number of carbonyl (C=O) groups is 1. The minimum Gasteiger partial charge on any atom is -0.464 e. The summed E-state index contributed by atoms with van der Waals surface area (Å²) >= 11 is 0. The lowest BCUT2D eigenvalue weighted by molar-refractivity contribution is -0.157. The molecule has 0 spiro atoms. The zero-order valence-corrected chi connectivity index (χ0v) is 10.1. The molecule has 0 aromatic heterocycles. The van der Waals surface area contributed by atoms with Crippen LogP contribution in [0.1, 0.15) is 40.5 Å². The average Bonchev–Trinajstić information content (AvgIpc) is 2.17. The first-order valence-corrected chi connectivity index (χ1v) is 5.48. The van der Waals surface area contributed by atoms with Crippen molar-refractivity contribution in [3.63, 3.8) is 0 Å². The van der Waals surface area contributed by atoms with Crippen molar-refractivity contribution < 1.29 is 14.6 Å². The lowest BCUT2D eigenvalue weighted by Gasteiger charge is -2.25. The van der Waals surface area contributed by atoms with Gasteiger partial charge in [-0.1, -0.05) is 39.3 Å². The van der Waals surface area contributed by atoms with E-state index in [1.54, 1.807) is 6.92 Å². The third-order valence-corrected chi connectivity index (χ3v) is 2.22. The number of rotatable bonds is 6. The van der Waals surface area contributed by atoms with Crippen LogP contribution in [0.5, 0.6) is 0 Å². The minimum absolute atomic E-state index is 0.296. The van der Waals surface area contributed by atoms with Crippen LogP contribution < -0.4 is 0 Å². The molecule has 0 rings (SSSR count). The standard InChI is InChI=1S/C12H22O3/c1-5-7-8-9-12(3,4)10(13)11(14)15-6-2/h8-10,13H,5-7H2,1-4H3/b9-8+. The molecule has 0 radical (unpaired) electrons. The Bertz CT molecular complexity index is 219. The number of aliphatic hydroxyl groups excluding tert-OH is 1. The van der Waals surface area contributed by atoms with Crippen molar-refractivity contribution in [3.8, 4) is 0 Å². The molecule has 88 valence electrons. The Morgan fingerprint density at radius 3 is 2.53 bits per heavy atom. The third kappa shape index (κ3) is 4.98. The first kappa shape index (κ1) is 14.2. The lowest BCUT2D eigenvalue weighted by atomic mass is 9.86. The summed E-state index contributed by atoms with van der Waals surface area (Å²) in [6.07, 6.45) is 4.78. The van der Waals surface area contributed by atoms with E-state index in [1.165, 1.54) is 0 Å². The molecule has 0 aliphatic rings. The van der Waals surface area contributed by atoms with Gasteiger partial charge in [-0.25, -0.2) is 4.79 Å². The van der Waals surface area contributed by atoms with Crippen LogP contribution in [-0.4, -0.2) is 23.8 Å². The normalized spacial score (nSPS) is 14.2. The molecule has 1 atom stereocenters. The lowest BCUT2D eigenvalue weighted by Crippen LogP contribution is -2.36. The van der Waals surface area contributed by atoms with Crippen LogP contribution in [-0.2, 0) is 9.53 Å². The van der Waals surface area contributed by atoms with E-state index in [0.29, 0.717) is 6.61 Å². The molecule has 0 heterocycles. The maximum absolute atomic E-state index is 11.3. The van der Waals surface area contributed by atoms with Gasteiger partial charge in [-0.3, -0.25) is 0 Å². The highest BCUT2D eigenvalue weighted by Crippen LogP contribution is 2.23. The van der Waals surface area contributed by atoms with Crippen LogP contribution in [0.15, 0.2) is 12.2 Å². The van der Waals surface area contributed by atoms with Crippen molar-refractivity contribution in [2.75, 3.05) is 6.61 Å². The van der Waals surface area contributed by atoms with Gasteiger partial charge in [-0.2, -0.15) is 0 Å². The van der Waals surface area contributed by atoms with Crippen molar-refractivity contribution in [1.82, 2.24) is 0 Å². The molecule has 0 aromatic carbocycles. The van der Waals surface area contributed by atoms with Crippen molar-refractivity contribution in [3.05, 3.63) is 12.2 Å². The highest BCUT2D eigenvalue weighted by molar-refractivity contribution is 5.75. The quantitative estimate of drug-likeness (QED) is 0.545. The summed E-state index contributed by atoms with van der Waals surface area (Å²) < 4.78 is 4.77. The van der Waals surface area contributed by atoms with Crippen LogP contribution in [0.3, 0.4) is 0 Å². The molecule has 3 heteroatoms. The highest BCUT2D eigenvalue weighted by atomic mass is 16.5. The Hall–Kier alpha value is -0.830. The van der Waals surface area contributed by atoms with E-state index < -0.39 is 17.5 Å². The van der Waals surface area contributed by atoms with Crippen LogP contribution >= 0.6 is 0 Å². The fourth-order valence-electron chi connectivity index (χ4n) is 1.17. The summed E-state index contributed by atoms with van der Waals surface area (Å²) in [5.41, 5.74) is -0.568. The van der Waals surface area contributed by atoms with Gasteiger partial charge < -0.3 is 9.84 Å². The van der Waals surface area contributed by atoms with E-state index in [4.69, 9.17) is 4.74 Å². The number of ether oxygens (including phenoxy) is 1. The molecule has 1 N–H and O–H groups in total. The van der Waals surface area contributed by atoms with E-state index in [9.17, 15) is 9.90 Å². The molecule has 0 aromatic rings. The molecular formula is C12H22O3. The van der Waals surface area contributed by atoms with E-state index in [2.05, 4.69) is 6.92 Å². The minimum atomic E-state index is -1.09. The van der Waals surface area contributed by atoms with Gasteiger partial charge in [-0.05, 0) is 13.3 Å². The number of unbranched alkanes of at least 4 members (excludes halogenated alkanes) is 1. The number of aliphatic hydroxyl groups is 1. The predicted octanol–water partition coefficient (Wildman–Crippen LogP) is 2.29. The van der Waals surface area contributed by atoms with E-state index in [0.717, 1.165) is 12.8 Å². The van der Waals surface area contributed by atoms with Gasteiger partial charge in [-0.15, -0.1) is 0 Å². The summed E-state index contributed by atoms with van der Waals surface area (Å²) in [7, 11) is 0. The second kappa shape index (κ2) is 6.62. The average molecular weight is 214 g/mol. The molecule has 0 amide bonds. The zero-order valence-electron chi connectivity index (χ0n) is 10.1. The Balaban J connectivity index is 4.36. The molecule has 0 bridgehead atoms. The van der Waals surface area contributed by atoms with Crippen LogP contribution in [0.2, 0.25) is 0 Å². The van der Waals surface area contributed by atoms with Gasteiger partial charge >= 0.3 is 5.97 Å². The second-order valence-corrected chi connectivity index (χ2v) is 4.17. The number of esters is 1. The number of hydrogen-bond acceptors (Lipinski definition) is 3. The van der Waals surface area contributed by atoms with E-state index in [-0.39, 0.29) is 0 Å². The first-order valence-electron chi connectivity index (χ1n) is 5.48. The van der Waals surface area contributed by atoms with Gasteiger partial charge in [0.05, 0.1) is 6.61 Å². The summed E-state index contributed by atoms with van der Waals surface area (Å²) in [6, 6.07) is 0. The molecule has 3 nitrogen and oxygen atoms in total. The topological polar surface area (TPSA) is 46.5 Å². The summed E-state index contributed by atoms with van der Waals surface area (Å²) in [5, 5.41) is 9.75. The van der Waals surface area contributed by atoms with Gasteiger partial charge in [0.25, 0.3) is 0 Å². The molecule has 1 unspecified atom stereocenters. The SMILES string of the molecule is CCC/C=C/C(C)(C)C(O)C(=O)OCC. The molecule has 0 aliphatic carbocycles.